The summed E-state index contributed by atoms with van der Waals surface area (Å²) in [6, 6.07) is 6.72. The molecule has 104 valence electrons. The Balaban J connectivity index is 1.97. The molecule has 0 aliphatic carbocycles. The molecule has 1 aliphatic heterocycles. The number of rotatable bonds is 5. The zero-order valence-electron chi connectivity index (χ0n) is 11.9. The molecule has 2 rings (SSSR count). The lowest BCUT2D eigenvalue weighted by Gasteiger charge is -2.25. The predicted molar refractivity (Wildman–Crippen MR) is 85.2 cm³/mol. The minimum atomic E-state index is 0.945. The molecule has 1 aromatic rings. The molecule has 1 aliphatic rings. The van der Waals surface area contributed by atoms with E-state index in [1.165, 1.54) is 34.1 Å². The Kier molecular flexibility index (Phi) is 5.61. The quantitative estimate of drug-likeness (QED) is 0.831. The first-order valence-electron chi connectivity index (χ1n) is 7.05. The van der Waals surface area contributed by atoms with Crippen LogP contribution in [0.1, 0.15) is 31.4 Å². The molecule has 0 atom stereocenters. The van der Waals surface area contributed by atoms with Crippen LogP contribution in [0.5, 0.6) is 0 Å². The fourth-order valence-electron chi connectivity index (χ4n) is 2.30. The van der Waals surface area contributed by atoms with Gasteiger partial charge in [0.1, 0.15) is 0 Å². The normalized spacial score (nSPS) is 16.5. The Hall–Kier alpha value is -0.640. The highest BCUT2D eigenvalue weighted by molar-refractivity contribution is 9.10. The molecule has 2 nitrogen and oxygen atoms in total. The van der Waals surface area contributed by atoms with E-state index in [0.717, 1.165) is 26.2 Å². The van der Waals surface area contributed by atoms with Crippen LogP contribution >= 0.6 is 15.9 Å². The van der Waals surface area contributed by atoms with Gasteiger partial charge in [0.2, 0.25) is 0 Å². The van der Waals surface area contributed by atoms with E-state index >= 15 is 0 Å². The molecule has 3 heteroatoms. The van der Waals surface area contributed by atoms with E-state index < -0.39 is 0 Å². The molecule has 1 heterocycles. The van der Waals surface area contributed by atoms with Crippen LogP contribution in [-0.4, -0.2) is 24.5 Å². The van der Waals surface area contributed by atoms with Crippen molar-refractivity contribution < 1.29 is 0 Å². The number of halogens is 1. The van der Waals surface area contributed by atoms with Crippen LogP contribution in [0.3, 0.4) is 0 Å². The summed E-state index contributed by atoms with van der Waals surface area (Å²) in [5, 5.41) is 3.36. The fourth-order valence-corrected chi connectivity index (χ4v) is 2.85. The molecule has 0 fully saturated rings. The van der Waals surface area contributed by atoms with Crippen LogP contribution in [0.4, 0.5) is 0 Å². The van der Waals surface area contributed by atoms with Gasteiger partial charge < -0.3 is 5.32 Å². The summed E-state index contributed by atoms with van der Waals surface area (Å²) in [4.78, 5) is 2.50. The van der Waals surface area contributed by atoms with Crippen molar-refractivity contribution in [2.45, 2.75) is 33.4 Å². The number of nitrogens with zero attached hydrogens (tertiary/aromatic N) is 1. The lowest BCUT2D eigenvalue weighted by atomic mass is 10.1. The van der Waals surface area contributed by atoms with Crippen molar-refractivity contribution in [2.24, 2.45) is 0 Å². The second-order valence-electron chi connectivity index (χ2n) is 5.24. The first kappa shape index (κ1) is 14.8. The Morgan fingerprint density at radius 3 is 2.84 bits per heavy atom. The third-order valence-electron chi connectivity index (χ3n) is 3.61. The predicted octanol–water partition coefficient (Wildman–Crippen LogP) is 3.71. The first-order chi connectivity index (χ1) is 9.19. The van der Waals surface area contributed by atoms with E-state index in [1.54, 1.807) is 0 Å². The van der Waals surface area contributed by atoms with E-state index in [-0.39, 0.29) is 0 Å². The maximum atomic E-state index is 3.71. The van der Waals surface area contributed by atoms with Crippen LogP contribution in [0.2, 0.25) is 0 Å². The summed E-state index contributed by atoms with van der Waals surface area (Å²) in [7, 11) is 0. The maximum absolute atomic E-state index is 3.71. The van der Waals surface area contributed by atoms with Gasteiger partial charge in [0.05, 0.1) is 0 Å². The molecule has 0 spiro atoms. The summed E-state index contributed by atoms with van der Waals surface area (Å²) in [6.07, 6.45) is 3.55. The highest BCUT2D eigenvalue weighted by atomic mass is 79.9. The van der Waals surface area contributed by atoms with Crippen LogP contribution in [0.25, 0.3) is 0 Å². The maximum Gasteiger partial charge on any atom is 0.0248 e. The molecular formula is C16H23BrN2. The van der Waals surface area contributed by atoms with Gasteiger partial charge in [0.15, 0.2) is 0 Å². The van der Waals surface area contributed by atoms with Crippen molar-refractivity contribution in [1.29, 1.82) is 0 Å². The summed E-state index contributed by atoms with van der Waals surface area (Å²) in [5.41, 5.74) is 4.25. The highest BCUT2D eigenvalue weighted by Crippen LogP contribution is 2.22. The lowest BCUT2D eigenvalue weighted by Crippen LogP contribution is -2.28. The van der Waals surface area contributed by atoms with Gasteiger partial charge >= 0.3 is 0 Å². The largest absolute Gasteiger partial charge is 0.313 e. The molecule has 1 aromatic carbocycles. The van der Waals surface area contributed by atoms with E-state index in [0.29, 0.717) is 0 Å². The molecule has 19 heavy (non-hydrogen) atoms. The third-order valence-corrected chi connectivity index (χ3v) is 4.35. The molecule has 0 radical (unpaired) electrons. The van der Waals surface area contributed by atoms with Gasteiger partial charge in [-0.15, -0.1) is 0 Å². The van der Waals surface area contributed by atoms with E-state index in [2.05, 4.69) is 64.3 Å². The molecule has 0 amide bonds. The third kappa shape index (κ3) is 4.44. The van der Waals surface area contributed by atoms with Crippen molar-refractivity contribution >= 4 is 15.9 Å². The summed E-state index contributed by atoms with van der Waals surface area (Å²) >= 11 is 3.71. The van der Waals surface area contributed by atoms with Crippen molar-refractivity contribution in [3.63, 3.8) is 0 Å². The average Bonchev–Trinajstić information content (AvgIpc) is 2.41. The highest BCUT2D eigenvalue weighted by Gasteiger charge is 2.11. The zero-order chi connectivity index (χ0) is 13.7. The second-order valence-corrected chi connectivity index (χ2v) is 6.10. The summed E-state index contributed by atoms with van der Waals surface area (Å²) in [5.74, 6) is 0. The van der Waals surface area contributed by atoms with Crippen molar-refractivity contribution in [3.05, 3.63) is 45.4 Å². The summed E-state index contributed by atoms with van der Waals surface area (Å²) < 4.78 is 1.23. The molecule has 0 saturated heterocycles. The monoisotopic (exact) mass is 322 g/mol. The molecule has 0 saturated carbocycles. The Morgan fingerprint density at radius 1 is 1.37 bits per heavy atom. The average molecular weight is 323 g/mol. The number of nitrogens with one attached hydrogen (secondary N) is 1. The van der Waals surface area contributed by atoms with Crippen LogP contribution in [0, 0.1) is 0 Å². The summed E-state index contributed by atoms with van der Waals surface area (Å²) in [6.45, 7) is 9.61. The topological polar surface area (TPSA) is 15.3 Å². The van der Waals surface area contributed by atoms with Crippen LogP contribution in [-0.2, 0) is 13.1 Å². The van der Waals surface area contributed by atoms with Gasteiger partial charge in [-0.05, 0) is 37.1 Å². The second kappa shape index (κ2) is 7.22. The first-order valence-corrected chi connectivity index (χ1v) is 7.84. The van der Waals surface area contributed by atoms with Gasteiger partial charge in [-0.3, -0.25) is 4.90 Å². The van der Waals surface area contributed by atoms with Gasteiger partial charge in [-0.1, -0.05) is 46.6 Å². The minimum absolute atomic E-state index is 0.945. The molecule has 0 unspecified atom stereocenters. The standard InChI is InChI=1S/C16H23BrN2/c1-3-18-11-14-4-5-15(16(17)10-14)12-19-8-6-13(2)7-9-19/h4-6,10,18H,3,7-9,11-12H2,1-2H3. The SMILES string of the molecule is CCNCc1ccc(CN2CC=C(C)CC2)c(Br)c1. The molecule has 1 N–H and O–H groups in total. The smallest absolute Gasteiger partial charge is 0.0248 e. The van der Waals surface area contributed by atoms with E-state index in [1.807, 2.05) is 0 Å². The lowest BCUT2D eigenvalue weighted by molar-refractivity contribution is 0.285. The van der Waals surface area contributed by atoms with E-state index in [9.17, 15) is 0 Å². The van der Waals surface area contributed by atoms with Gasteiger partial charge in [0.25, 0.3) is 0 Å². The number of hydrogen-bond acceptors (Lipinski definition) is 2. The van der Waals surface area contributed by atoms with Gasteiger partial charge in [-0.2, -0.15) is 0 Å². The zero-order valence-corrected chi connectivity index (χ0v) is 13.5. The van der Waals surface area contributed by atoms with Crippen molar-refractivity contribution in [1.82, 2.24) is 10.2 Å². The van der Waals surface area contributed by atoms with Gasteiger partial charge in [-0.25, -0.2) is 0 Å². The van der Waals surface area contributed by atoms with Crippen LogP contribution in [0.15, 0.2) is 34.3 Å². The fraction of sp³-hybridized carbons (Fsp3) is 0.500. The van der Waals surface area contributed by atoms with Gasteiger partial charge in [0, 0.05) is 30.7 Å². The van der Waals surface area contributed by atoms with Crippen molar-refractivity contribution in [2.75, 3.05) is 19.6 Å². The minimum Gasteiger partial charge on any atom is -0.313 e. The Morgan fingerprint density at radius 2 is 2.21 bits per heavy atom. The molecule has 0 bridgehead atoms. The number of benzene rings is 1. The molecule has 0 aromatic heterocycles. The van der Waals surface area contributed by atoms with E-state index in [4.69, 9.17) is 0 Å². The Labute approximate surface area is 125 Å². The van der Waals surface area contributed by atoms with Crippen LogP contribution < -0.4 is 5.32 Å². The molecular weight excluding hydrogens is 300 g/mol. The number of hydrogen-bond donors (Lipinski definition) is 1. The van der Waals surface area contributed by atoms with Crippen molar-refractivity contribution in [3.8, 4) is 0 Å². The Bertz CT molecular complexity index is 454.